The third-order valence-corrected chi connectivity index (χ3v) is 6.05. The van der Waals surface area contributed by atoms with E-state index in [0.717, 1.165) is 16.7 Å². The normalized spacial score (nSPS) is 11.0. The second kappa shape index (κ2) is 10.0. The van der Waals surface area contributed by atoms with Crippen molar-refractivity contribution < 1.29 is 23.5 Å². The quantitative estimate of drug-likeness (QED) is 0.311. The van der Waals surface area contributed by atoms with Crippen molar-refractivity contribution in [3.8, 4) is 11.1 Å². The van der Waals surface area contributed by atoms with Gasteiger partial charge in [-0.25, -0.2) is 18.1 Å². The van der Waals surface area contributed by atoms with Crippen LogP contribution in [0, 0.1) is 11.6 Å². The van der Waals surface area contributed by atoms with Crippen LogP contribution in [0.1, 0.15) is 37.4 Å². The summed E-state index contributed by atoms with van der Waals surface area (Å²) in [7, 11) is 0. The van der Waals surface area contributed by atoms with E-state index < -0.39 is 5.97 Å². The number of carbonyl (C=O) groups excluding carboxylic acids is 1. The summed E-state index contributed by atoms with van der Waals surface area (Å²) in [4.78, 5) is 24.5. The molecule has 8 heteroatoms. The molecule has 0 atom stereocenters. The second-order valence-corrected chi connectivity index (χ2v) is 8.60. The van der Waals surface area contributed by atoms with Gasteiger partial charge in [-0.1, -0.05) is 36.4 Å². The smallest absolute Gasteiger partial charge is 0.335 e. The molecule has 0 aliphatic rings. The van der Waals surface area contributed by atoms with Crippen LogP contribution in [0.2, 0.25) is 0 Å². The lowest BCUT2D eigenvalue weighted by molar-refractivity contribution is 0.0696. The van der Waals surface area contributed by atoms with Crippen LogP contribution in [0.4, 0.5) is 8.78 Å². The van der Waals surface area contributed by atoms with Crippen molar-refractivity contribution in [3.63, 3.8) is 0 Å². The molecule has 6 nitrogen and oxygen atoms in total. The molecule has 0 bridgehead atoms. The fraction of sp³-hybridized carbons (Fsp3) is 0.0690. The Morgan fingerprint density at radius 3 is 2.32 bits per heavy atom. The van der Waals surface area contributed by atoms with Crippen LogP contribution < -0.4 is 5.32 Å². The largest absolute Gasteiger partial charge is 0.478 e. The number of amides is 1. The van der Waals surface area contributed by atoms with E-state index in [1.165, 1.54) is 36.4 Å². The number of fused-ring (bicyclic) bond motifs is 1. The highest BCUT2D eigenvalue weighted by Crippen LogP contribution is 2.27. The molecule has 0 saturated heterocycles. The molecule has 1 amide bonds. The summed E-state index contributed by atoms with van der Waals surface area (Å²) in [6.45, 7) is 0.180. The predicted molar refractivity (Wildman–Crippen MR) is 134 cm³/mol. The Hall–Kier alpha value is -4.85. The lowest BCUT2D eigenvalue weighted by Crippen LogP contribution is -2.24. The number of carboxylic acids is 1. The van der Waals surface area contributed by atoms with E-state index in [1.54, 1.807) is 59.4 Å². The fourth-order valence-electron chi connectivity index (χ4n) is 4.20. The summed E-state index contributed by atoms with van der Waals surface area (Å²) >= 11 is 0. The third kappa shape index (κ3) is 5.23. The first-order chi connectivity index (χ1) is 17.9. The Labute approximate surface area is 210 Å². The SMILES string of the molecule is O=C(O)c1ccc(CNC(=O)c2cc(-c3ccc(F)cc3)cn3ncc(Cc4cccc(F)c4)c23)cc1. The molecule has 5 aromatic rings. The van der Waals surface area contributed by atoms with Gasteiger partial charge in [-0.05, 0) is 59.2 Å². The molecule has 37 heavy (non-hydrogen) atoms. The molecule has 0 radical (unpaired) electrons. The van der Waals surface area contributed by atoms with Crippen LogP contribution in [0.3, 0.4) is 0 Å². The van der Waals surface area contributed by atoms with Crippen LogP contribution in [-0.4, -0.2) is 26.6 Å². The van der Waals surface area contributed by atoms with Gasteiger partial charge in [0.05, 0.1) is 22.8 Å². The first-order valence-corrected chi connectivity index (χ1v) is 11.5. The zero-order chi connectivity index (χ0) is 25.9. The molecule has 5 rings (SSSR count). The topological polar surface area (TPSA) is 83.7 Å². The zero-order valence-corrected chi connectivity index (χ0v) is 19.5. The number of halogens is 2. The molecular weight excluding hydrogens is 476 g/mol. The van der Waals surface area contributed by atoms with E-state index in [-0.39, 0.29) is 29.6 Å². The van der Waals surface area contributed by atoms with E-state index in [2.05, 4.69) is 10.4 Å². The Kier molecular flexibility index (Phi) is 6.47. The molecule has 0 aliphatic heterocycles. The summed E-state index contributed by atoms with van der Waals surface area (Å²) in [5.74, 6) is -2.10. The summed E-state index contributed by atoms with van der Waals surface area (Å²) in [6.07, 6.45) is 3.78. The monoisotopic (exact) mass is 497 g/mol. The van der Waals surface area contributed by atoms with Crippen LogP contribution >= 0.6 is 0 Å². The van der Waals surface area contributed by atoms with Crippen LogP contribution in [-0.2, 0) is 13.0 Å². The molecule has 2 heterocycles. The lowest BCUT2D eigenvalue weighted by atomic mass is 10.0. The molecular formula is C29H21F2N3O3. The van der Waals surface area contributed by atoms with Crippen molar-refractivity contribution in [3.05, 3.63) is 131 Å². The molecule has 184 valence electrons. The van der Waals surface area contributed by atoms with Crippen molar-refractivity contribution in [1.82, 2.24) is 14.9 Å². The maximum Gasteiger partial charge on any atom is 0.335 e. The van der Waals surface area contributed by atoms with Gasteiger partial charge in [-0.2, -0.15) is 5.10 Å². The van der Waals surface area contributed by atoms with Gasteiger partial charge in [0.2, 0.25) is 0 Å². The maximum absolute atomic E-state index is 13.8. The van der Waals surface area contributed by atoms with Gasteiger partial charge in [-0.15, -0.1) is 0 Å². The number of rotatable bonds is 7. The van der Waals surface area contributed by atoms with E-state index >= 15 is 0 Å². The summed E-state index contributed by atoms with van der Waals surface area (Å²) < 4.78 is 28.9. The molecule has 0 spiro atoms. The minimum absolute atomic E-state index is 0.157. The number of nitrogens with one attached hydrogen (secondary N) is 1. The lowest BCUT2D eigenvalue weighted by Gasteiger charge is -2.12. The van der Waals surface area contributed by atoms with Crippen molar-refractivity contribution >= 4 is 17.4 Å². The summed E-state index contributed by atoms with van der Waals surface area (Å²) in [5, 5.41) is 16.4. The van der Waals surface area contributed by atoms with Gasteiger partial charge in [0.25, 0.3) is 5.91 Å². The zero-order valence-electron chi connectivity index (χ0n) is 19.5. The van der Waals surface area contributed by atoms with E-state index in [0.29, 0.717) is 28.6 Å². The average molecular weight is 498 g/mol. The fourth-order valence-corrected chi connectivity index (χ4v) is 4.20. The molecule has 3 aromatic carbocycles. The number of carbonyl (C=O) groups is 2. The van der Waals surface area contributed by atoms with E-state index in [9.17, 15) is 18.4 Å². The molecule has 0 unspecified atom stereocenters. The minimum Gasteiger partial charge on any atom is -0.478 e. The standard InChI is InChI=1S/C29H21F2N3O3/c30-24-10-8-20(9-11-24)23-14-26(28(35)32-15-18-4-6-21(7-5-18)29(36)37)27-22(16-33-34(27)17-23)12-19-2-1-3-25(31)13-19/h1-11,13-14,16-17H,12,15H2,(H,32,35)(H,36,37). The van der Waals surface area contributed by atoms with Crippen molar-refractivity contribution in [2.24, 2.45) is 0 Å². The Morgan fingerprint density at radius 2 is 1.62 bits per heavy atom. The van der Waals surface area contributed by atoms with E-state index in [4.69, 9.17) is 5.11 Å². The van der Waals surface area contributed by atoms with E-state index in [1.807, 2.05) is 0 Å². The third-order valence-electron chi connectivity index (χ3n) is 6.05. The van der Waals surface area contributed by atoms with Gasteiger partial charge in [0.1, 0.15) is 11.6 Å². The van der Waals surface area contributed by atoms with Crippen LogP contribution in [0.5, 0.6) is 0 Å². The molecule has 0 fully saturated rings. The van der Waals surface area contributed by atoms with Gasteiger partial charge in [-0.3, -0.25) is 4.79 Å². The number of nitrogens with zero attached hydrogens (tertiary/aromatic N) is 2. The summed E-state index contributed by atoms with van der Waals surface area (Å²) in [6, 6.07) is 20.2. The Balaban J connectivity index is 1.52. The highest BCUT2D eigenvalue weighted by Gasteiger charge is 2.18. The van der Waals surface area contributed by atoms with Gasteiger partial charge < -0.3 is 10.4 Å². The Bertz CT molecular complexity index is 1610. The number of pyridine rings is 1. The van der Waals surface area contributed by atoms with Crippen molar-refractivity contribution in [2.45, 2.75) is 13.0 Å². The average Bonchev–Trinajstić information content (AvgIpc) is 3.30. The molecule has 2 N–H and O–H groups in total. The van der Waals surface area contributed by atoms with Gasteiger partial charge in [0, 0.05) is 30.3 Å². The maximum atomic E-state index is 13.8. The number of carboxylic acid groups (broad SMARTS) is 1. The number of benzene rings is 3. The number of hydrogen-bond acceptors (Lipinski definition) is 3. The molecule has 0 saturated carbocycles. The van der Waals surface area contributed by atoms with Crippen LogP contribution in [0.25, 0.3) is 16.6 Å². The minimum atomic E-state index is -1.03. The Morgan fingerprint density at radius 1 is 0.865 bits per heavy atom. The van der Waals surface area contributed by atoms with Gasteiger partial charge in [0.15, 0.2) is 0 Å². The van der Waals surface area contributed by atoms with Crippen molar-refractivity contribution in [1.29, 1.82) is 0 Å². The first-order valence-electron chi connectivity index (χ1n) is 11.5. The summed E-state index contributed by atoms with van der Waals surface area (Å²) in [5.41, 5.74) is 4.69. The first kappa shape index (κ1) is 23.9. The van der Waals surface area contributed by atoms with Crippen molar-refractivity contribution in [2.75, 3.05) is 0 Å². The van der Waals surface area contributed by atoms with Gasteiger partial charge >= 0.3 is 5.97 Å². The highest BCUT2D eigenvalue weighted by atomic mass is 19.1. The predicted octanol–water partition coefficient (Wildman–Crippen LogP) is 5.50. The van der Waals surface area contributed by atoms with Crippen LogP contribution in [0.15, 0.2) is 91.3 Å². The number of hydrogen-bond donors (Lipinski definition) is 2. The second-order valence-electron chi connectivity index (χ2n) is 8.60. The highest BCUT2D eigenvalue weighted by molar-refractivity contribution is 6.02. The molecule has 0 aliphatic carbocycles. The number of aromatic carboxylic acids is 1. The molecule has 2 aromatic heterocycles. The number of aromatic nitrogens is 2.